The van der Waals surface area contributed by atoms with E-state index in [0.717, 1.165) is 34.7 Å². The number of benzene rings is 1. The number of rotatable bonds is 4. The molecule has 0 bridgehead atoms. The van der Waals surface area contributed by atoms with Gasteiger partial charge in [-0.15, -0.1) is 0 Å². The Morgan fingerprint density at radius 1 is 1.33 bits per heavy atom. The summed E-state index contributed by atoms with van der Waals surface area (Å²) >= 11 is 6.07. The first kappa shape index (κ1) is 13.4. The number of imidazole rings is 1. The maximum absolute atomic E-state index is 6.07. The van der Waals surface area contributed by atoms with Gasteiger partial charge in [0.1, 0.15) is 5.82 Å². The summed E-state index contributed by atoms with van der Waals surface area (Å²) in [4.78, 5) is 4.70. The molecule has 2 N–H and O–H groups in total. The highest BCUT2D eigenvalue weighted by atomic mass is 35.5. The lowest BCUT2D eigenvalue weighted by Gasteiger charge is -2.13. The van der Waals surface area contributed by atoms with E-state index in [1.165, 1.54) is 0 Å². The van der Waals surface area contributed by atoms with Gasteiger partial charge in [-0.1, -0.05) is 11.6 Å². The van der Waals surface area contributed by atoms with Crippen LogP contribution >= 0.6 is 11.6 Å². The Morgan fingerprint density at radius 3 is 2.67 bits per heavy atom. The van der Waals surface area contributed by atoms with Gasteiger partial charge < -0.3 is 10.3 Å². The number of aryl methyl sites for hydroxylation is 1. The van der Waals surface area contributed by atoms with Crippen molar-refractivity contribution in [1.82, 2.24) is 9.55 Å². The van der Waals surface area contributed by atoms with E-state index in [-0.39, 0.29) is 6.04 Å². The maximum Gasteiger partial charge on any atom is 0.110 e. The fourth-order valence-electron chi connectivity index (χ4n) is 2.23. The van der Waals surface area contributed by atoms with E-state index >= 15 is 0 Å². The van der Waals surface area contributed by atoms with Crippen molar-refractivity contribution in [2.75, 3.05) is 0 Å². The van der Waals surface area contributed by atoms with Crippen molar-refractivity contribution in [3.63, 3.8) is 0 Å². The van der Waals surface area contributed by atoms with E-state index in [0.29, 0.717) is 6.04 Å². The quantitative estimate of drug-likeness (QED) is 0.919. The molecule has 0 spiro atoms. The van der Waals surface area contributed by atoms with Gasteiger partial charge in [0.2, 0.25) is 0 Å². The van der Waals surface area contributed by atoms with Crippen LogP contribution in [0.1, 0.15) is 39.1 Å². The number of hydrogen-bond acceptors (Lipinski definition) is 2. The van der Waals surface area contributed by atoms with Crippen LogP contribution in [-0.4, -0.2) is 15.6 Å². The highest BCUT2D eigenvalue weighted by Gasteiger charge is 2.13. The highest BCUT2D eigenvalue weighted by Crippen LogP contribution is 2.24. The first-order valence-electron chi connectivity index (χ1n) is 6.41. The second-order valence-corrected chi connectivity index (χ2v) is 5.58. The molecule has 0 saturated carbocycles. The normalized spacial score (nSPS) is 13.4. The number of halogens is 1. The number of aromatic nitrogens is 2. The molecule has 0 radical (unpaired) electrons. The Balaban J connectivity index is 2.48. The summed E-state index contributed by atoms with van der Waals surface area (Å²) in [5, 5.41) is 0.753. The molecule has 1 aromatic heterocycles. The van der Waals surface area contributed by atoms with Gasteiger partial charge in [-0.05, 0) is 45.4 Å². The standard InChI is InChI=1S/C14H20ClN3/c1-9(2)18-13-8-11(15)5-6-12(13)17-14(18)7-4-10(3)16/h5-6,8-10H,4,7,16H2,1-3H3. The summed E-state index contributed by atoms with van der Waals surface area (Å²) in [7, 11) is 0. The number of nitrogens with zero attached hydrogens (tertiary/aromatic N) is 2. The van der Waals surface area contributed by atoms with Gasteiger partial charge in [0.25, 0.3) is 0 Å². The number of hydrogen-bond donors (Lipinski definition) is 1. The zero-order chi connectivity index (χ0) is 13.3. The van der Waals surface area contributed by atoms with Crippen LogP contribution in [0.4, 0.5) is 0 Å². The van der Waals surface area contributed by atoms with Crippen LogP contribution in [-0.2, 0) is 6.42 Å². The fraction of sp³-hybridized carbons (Fsp3) is 0.500. The molecule has 0 fully saturated rings. The molecule has 98 valence electrons. The van der Waals surface area contributed by atoms with Gasteiger partial charge in [0, 0.05) is 23.5 Å². The lowest BCUT2D eigenvalue weighted by molar-refractivity contribution is 0.559. The number of nitrogens with two attached hydrogens (primary N) is 1. The highest BCUT2D eigenvalue weighted by molar-refractivity contribution is 6.31. The molecule has 0 saturated heterocycles. The molecule has 2 rings (SSSR count). The summed E-state index contributed by atoms with van der Waals surface area (Å²) in [6, 6.07) is 6.42. The van der Waals surface area contributed by atoms with Crippen LogP contribution in [0.25, 0.3) is 11.0 Å². The summed E-state index contributed by atoms with van der Waals surface area (Å²) in [6.07, 6.45) is 1.85. The smallest absolute Gasteiger partial charge is 0.110 e. The fourth-order valence-corrected chi connectivity index (χ4v) is 2.39. The van der Waals surface area contributed by atoms with Crippen LogP contribution < -0.4 is 5.73 Å². The van der Waals surface area contributed by atoms with Crippen LogP contribution in [0.15, 0.2) is 18.2 Å². The molecule has 3 nitrogen and oxygen atoms in total. The molecule has 2 aromatic rings. The van der Waals surface area contributed by atoms with Crippen molar-refractivity contribution in [2.45, 2.75) is 45.7 Å². The average Bonchev–Trinajstić information content (AvgIpc) is 2.63. The van der Waals surface area contributed by atoms with Crippen LogP contribution in [0.3, 0.4) is 0 Å². The maximum atomic E-state index is 6.07. The third kappa shape index (κ3) is 2.68. The number of fused-ring (bicyclic) bond motifs is 1. The molecule has 4 heteroatoms. The first-order valence-corrected chi connectivity index (χ1v) is 6.78. The Morgan fingerprint density at radius 2 is 2.06 bits per heavy atom. The monoisotopic (exact) mass is 265 g/mol. The van der Waals surface area contributed by atoms with Gasteiger partial charge in [-0.3, -0.25) is 0 Å². The molecule has 1 unspecified atom stereocenters. The van der Waals surface area contributed by atoms with Crippen LogP contribution in [0.5, 0.6) is 0 Å². The minimum absolute atomic E-state index is 0.203. The predicted octanol–water partition coefficient (Wildman–Crippen LogP) is 3.55. The minimum Gasteiger partial charge on any atom is -0.328 e. The SMILES string of the molecule is CC(N)CCc1nc2ccc(Cl)cc2n1C(C)C. The summed E-state index contributed by atoms with van der Waals surface area (Å²) < 4.78 is 2.25. The topological polar surface area (TPSA) is 43.8 Å². The van der Waals surface area contributed by atoms with Gasteiger partial charge in [0.05, 0.1) is 11.0 Å². The van der Waals surface area contributed by atoms with E-state index in [4.69, 9.17) is 22.3 Å². The van der Waals surface area contributed by atoms with E-state index in [9.17, 15) is 0 Å². The third-order valence-electron chi connectivity index (χ3n) is 3.06. The van der Waals surface area contributed by atoms with Crippen molar-refractivity contribution in [3.8, 4) is 0 Å². The molecular weight excluding hydrogens is 246 g/mol. The Labute approximate surface area is 113 Å². The van der Waals surface area contributed by atoms with E-state index in [1.54, 1.807) is 0 Å². The molecular formula is C14H20ClN3. The summed E-state index contributed by atoms with van der Waals surface area (Å²) in [5.41, 5.74) is 7.94. The molecule has 1 aromatic carbocycles. The minimum atomic E-state index is 0.203. The van der Waals surface area contributed by atoms with Gasteiger partial charge in [0.15, 0.2) is 0 Å². The summed E-state index contributed by atoms with van der Waals surface area (Å²) in [6.45, 7) is 6.36. The van der Waals surface area contributed by atoms with Crippen molar-refractivity contribution < 1.29 is 0 Å². The Kier molecular flexibility index (Phi) is 3.93. The summed E-state index contributed by atoms with van der Waals surface area (Å²) in [5.74, 6) is 1.10. The average molecular weight is 266 g/mol. The van der Waals surface area contributed by atoms with Crippen LogP contribution in [0.2, 0.25) is 5.02 Å². The van der Waals surface area contributed by atoms with Gasteiger partial charge in [-0.25, -0.2) is 4.98 Å². The molecule has 1 atom stereocenters. The molecule has 1 heterocycles. The van der Waals surface area contributed by atoms with Crippen molar-refractivity contribution in [3.05, 3.63) is 29.0 Å². The lowest BCUT2D eigenvalue weighted by atomic mass is 10.2. The predicted molar refractivity (Wildman–Crippen MR) is 77.1 cm³/mol. The van der Waals surface area contributed by atoms with E-state index in [1.807, 2.05) is 25.1 Å². The zero-order valence-electron chi connectivity index (χ0n) is 11.2. The van der Waals surface area contributed by atoms with E-state index in [2.05, 4.69) is 18.4 Å². The first-order chi connectivity index (χ1) is 8.49. The molecule has 18 heavy (non-hydrogen) atoms. The zero-order valence-corrected chi connectivity index (χ0v) is 11.9. The molecule has 0 amide bonds. The van der Waals surface area contributed by atoms with Gasteiger partial charge >= 0.3 is 0 Å². The third-order valence-corrected chi connectivity index (χ3v) is 3.30. The Bertz CT molecular complexity index is 543. The van der Waals surface area contributed by atoms with E-state index < -0.39 is 0 Å². The molecule has 0 aliphatic heterocycles. The van der Waals surface area contributed by atoms with Crippen molar-refractivity contribution >= 4 is 22.6 Å². The van der Waals surface area contributed by atoms with Crippen molar-refractivity contribution in [1.29, 1.82) is 0 Å². The largest absolute Gasteiger partial charge is 0.328 e. The molecule has 0 aliphatic carbocycles. The van der Waals surface area contributed by atoms with Crippen molar-refractivity contribution in [2.24, 2.45) is 5.73 Å². The Hall–Kier alpha value is -1.06. The second kappa shape index (κ2) is 5.29. The van der Waals surface area contributed by atoms with Gasteiger partial charge in [-0.2, -0.15) is 0 Å². The second-order valence-electron chi connectivity index (χ2n) is 5.14. The van der Waals surface area contributed by atoms with Crippen LogP contribution in [0, 0.1) is 0 Å². The molecule has 0 aliphatic rings. The lowest BCUT2D eigenvalue weighted by Crippen LogP contribution is -2.17.